The van der Waals surface area contributed by atoms with Gasteiger partial charge in [0.25, 0.3) is 0 Å². The molecule has 0 fully saturated rings. The monoisotopic (exact) mass is 452 g/mol. The number of guanidine groups is 2. The minimum absolute atomic E-state index is 0. The van der Waals surface area contributed by atoms with Crippen LogP contribution in [0.15, 0.2) is 0 Å². The van der Waals surface area contributed by atoms with Crippen molar-refractivity contribution in [2.24, 2.45) is 22.9 Å². The SMILES string of the molecule is N=C(N)NCCC[C@H](N)C(=O)O.N=C(N)NCCC[C@H](N)C(=O)O.O=C(O)O.[CaH2]. The quantitative estimate of drug-likeness (QED) is 0.0667. The van der Waals surface area contributed by atoms with Crippen molar-refractivity contribution in [1.82, 2.24) is 10.6 Å². The molecule has 0 aliphatic rings. The van der Waals surface area contributed by atoms with Gasteiger partial charge in [0, 0.05) is 13.1 Å². The molecule has 0 heterocycles. The number of carboxylic acid groups (broad SMARTS) is 4. The van der Waals surface area contributed by atoms with E-state index in [-0.39, 0.29) is 49.7 Å². The first-order valence-corrected chi connectivity index (χ1v) is 7.85. The zero-order chi connectivity index (χ0) is 22.7. The van der Waals surface area contributed by atoms with Crippen molar-refractivity contribution >= 4 is 67.8 Å². The van der Waals surface area contributed by atoms with Crippen LogP contribution in [0, 0.1) is 10.8 Å². The van der Waals surface area contributed by atoms with Gasteiger partial charge >= 0.3 is 55.8 Å². The van der Waals surface area contributed by atoms with Gasteiger partial charge in [0.2, 0.25) is 0 Å². The second-order valence-electron chi connectivity index (χ2n) is 5.14. The number of aliphatic carboxylic acids is 2. The second kappa shape index (κ2) is 22.2. The Labute approximate surface area is 197 Å². The fourth-order valence-electron chi connectivity index (χ4n) is 1.34. The van der Waals surface area contributed by atoms with E-state index >= 15 is 0 Å². The van der Waals surface area contributed by atoms with E-state index in [9.17, 15) is 9.59 Å². The number of nitrogens with one attached hydrogen (secondary N) is 4. The molecular weight excluding hydrogens is 420 g/mol. The fourth-order valence-corrected chi connectivity index (χ4v) is 1.34. The first kappa shape index (κ1) is 34.4. The third-order valence-corrected chi connectivity index (χ3v) is 2.65. The van der Waals surface area contributed by atoms with E-state index in [1.54, 1.807) is 0 Å². The molecule has 0 aromatic rings. The van der Waals surface area contributed by atoms with Crippen LogP contribution in [-0.4, -0.2) is 113 Å². The number of hydrogen-bond acceptors (Lipinski definition) is 7. The zero-order valence-corrected chi connectivity index (χ0v) is 15.2. The van der Waals surface area contributed by atoms with E-state index < -0.39 is 30.2 Å². The standard InChI is InChI=1S/2C6H14N4O2.CH2O3.Ca.2H/c2*7-4(5(11)12)2-1-3-10-6(8)9;2-1(3)4;;;/h2*4H,1-3,7H2,(H,11,12)(H4,8,9,10);(H2,2,3,4);;;/t2*4-;;;;/m00..../s1. The maximum absolute atomic E-state index is 10.2. The summed E-state index contributed by atoms with van der Waals surface area (Å²) < 4.78 is 0. The molecule has 0 saturated carbocycles. The van der Waals surface area contributed by atoms with E-state index in [4.69, 9.17) is 59.0 Å². The molecule has 15 nitrogen and oxygen atoms in total. The van der Waals surface area contributed by atoms with Gasteiger partial charge in [-0.3, -0.25) is 20.4 Å². The molecule has 0 aromatic carbocycles. The summed E-state index contributed by atoms with van der Waals surface area (Å²) in [6, 6.07) is -1.64. The third-order valence-electron chi connectivity index (χ3n) is 2.65. The minimum atomic E-state index is -1.83. The van der Waals surface area contributed by atoms with Crippen LogP contribution < -0.4 is 33.6 Å². The molecule has 0 unspecified atom stereocenters. The fraction of sp³-hybridized carbons (Fsp3) is 0.615. The molecular formula is C13H32CaN8O7. The molecule has 168 valence electrons. The van der Waals surface area contributed by atoms with Gasteiger partial charge in [-0.2, -0.15) is 0 Å². The molecule has 29 heavy (non-hydrogen) atoms. The Morgan fingerprint density at radius 1 is 0.759 bits per heavy atom. The molecule has 0 aliphatic heterocycles. The first-order valence-electron chi connectivity index (χ1n) is 7.85. The van der Waals surface area contributed by atoms with Gasteiger partial charge in [-0.25, -0.2) is 4.79 Å². The molecule has 0 saturated heterocycles. The number of carboxylic acids is 2. The van der Waals surface area contributed by atoms with Gasteiger partial charge in [-0.15, -0.1) is 0 Å². The number of carbonyl (C=O) groups is 3. The van der Waals surface area contributed by atoms with Gasteiger partial charge in [-0.05, 0) is 25.7 Å². The zero-order valence-electron chi connectivity index (χ0n) is 15.2. The number of nitrogens with two attached hydrogens (primary N) is 4. The molecule has 0 amide bonds. The van der Waals surface area contributed by atoms with Crippen LogP contribution >= 0.6 is 0 Å². The van der Waals surface area contributed by atoms with Crippen LogP contribution in [0.4, 0.5) is 4.79 Å². The molecule has 16 heteroatoms. The second-order valence-corrected chi connectivity index (χ2v) is 5.14. The Kier molecular flexibility index (Phi) is 26.4. The molecule has 0 rings (SSSR count). The topological polar surface area (TPSA) is 308 Å². The summed E-state index contributed by atoms with van der Waals surface area (Å²) >= 11 is 0. The van der Waals surface area contributed by atoms with Crippen molar-refractivity contribution in [2.75, 3.05) is 13.1 Å². The molecule has 16 N–H and O–H groups in total. The van der Waals surface area contributed by atoms with Gasteiger partial charge in [0.05, 0.1) is 0 Å². The van der Waals surface area contributed by atoms with Crippen molar-refractivity contribution in [3.05, 3.63) is 0 Å². The summed E-state index contributed by atoms with van der Waals surface area (Å²) in [5, 5.41) is 49.4. The van der Waals surface area contributed by atoms with Crippen LogP contribution in [0.1, 0.15) is 25.7 Å². The molecule has 0 radical (unpaired) electrons. The van der Waals surface area contributed by atoms with Crippen molar-refractivity contribution in [2.45, 2.75) is 37.8 Å². The van der Waals surface area contributed by atoms with Crippen molar-refractivity contribution in [3.8, 4) is 0 Å². The molecule has 0 aromatic heterocycles. The Balaban J connectivity index is -0.000000177. The third kappa shape index (κ3) is 37.4. The van der Waals surface area contributed by atoms with Crippen molar-refractivity contribution in [3.63, 3.8) is 0 Å². The van der Waals surface area contributed by atoms with Gasteiger partial charge < -0.3 is 54.0 Å². The van der Waals surface area contributed by atoms with E-state index in [1.807, 2.05) is 0 Å². The molecule has 0 aliphatic carbocycles. The van der Waals surface area contributed by atoms with Crippen molar-refractivity contribution in [1.29, 1.82) is 10.8 Å². The Morgan fingerprint density at radius 2 is 1.00 bits per heavy atom. The summed E-state index contributed by atoms with van der Waals surface area (Å²) in [4.78, 5) is 29.0. The predicted octanol–water partition coefficient (Wildman–Crippen LogP) is -3.37. The van der Waals surface area contributed by atoms with E-state index in [2.05, 4.69) is 10.6 Å². The van der Waals surface area contributed by atoms with E-state index in [0.717, 1.165) is 0 Å². The summed E-state index contributed by atoms with van der Waals surface area (Å²) in [5.74, 6) is -2.23. The van der Waals surface area contributed by atoms with Crippen LogP contribution in [-0.2, 0) is 9.59 Å². The summed E-state index contributed by atoms with van der Waals surface area (Å²) in [5.41, 5.74) is 20.4. The summed E-state index contributed by atoms with van der Waals surface area (Å²) in [6.45, 7) is 0.965. The molecule has 2 atom stereocenters. The van der Waals surface area contributed by atoms with Gasteiger partial charge in [0.15, 0.2) is 11.9 Å². The molecule has 0 spiro atoms. The van der Waals surface area contributed by atoms with Gasteiger partial charge in [-0.1, -0.05) is 0 Å². The normalized spacial score (nSPS) is 10.8. The van der Waals surface area contributed by atoms with Crippen molar-refractivity contribution < 1.29 is 34.8 Å². The van der Waals surface area contributed by atoms with Crippen LogP contribution in [0.3, 0.4) is 0 Å². The van der Waals surface area contributed by atoms with Crippen LogP contribution in [0.25, 0.3) is 0 Å². The van der Waals surface area contributed by atoms with Gasteiger partial charge in [0.1, 0.15) is 12.1 Å². The Hall–Kier alpha value is -2.07. The maximum atomic E-state index is 10.2. The van der Waals surface area contributed by atoms with E-state index in [1.165, 1.54) is 0 Å². The predicted molar refractivity (Wildman–Crippen MR) is 109 cm³/mol. The number of rotatable bonds is 10. The molecule has 0 bridgehead atoms. The summed E-state index contributed by atoms with van der Waals surface area (Å²) in [7, 11) is 0. The summed E-state index contributed by atoms with van der Waals surface area (Å²) in [6.07, 6.45) is 0.116. The number of hydrogen-bond donors (Lipinski definition) is 12. The van der Waals surface area contributed by atoms with Crippen LogP contribution in [0.2, 0.25) is 0 Å². The first-order chi connectivity index (χ1) is 12.8. The van der Waals surface area contributed by atoms with Crippen LogP contribution in [0.5, 0.6) is 0 Å². The van der Waals surface area contributed by atoms with E-state index in [0.29, 0.717) is 38.8 Å². The average molecular weight is 453 g/mol. The average Bonchev–Trinajstić information content (AvgIpc) is 2.54. The Morgan fingerprint density at radius 3 is 1.17 bits per heavy atom. The Bertz CT molecular complexity index is 468.